The topological polar surface area (TPSA) is 60.8 Å². The van der Waals surface area contributed by atoms with Crippen LogP contribution in [0, 0.1) is 0 Å². The van der Waals surface area contributed by atoms with Crippen LogP contribution in [-0.2, 0) is 10.2 Å². The highest BCUT2D eigenvalue weighted by Crippen LogP contribution is 2.57. The highest BCUT2D eigenvalue weighted by atomic mass is 16.3. The van der Waals surface area contributed by atoms with Crippen molar-refractivity contribution in [1.29, 1.82) is 0 Å². The number of benzene rings is 6. The van der Waals surface area contributed by atoms with E-state index in [4.69, 9.17) is 0 Å². The minimum Gasteiger partial charge on any atom is -0.508 e. The summed E-state index contributed by atoms with van der Waals surface area (Å²) in [5.74, 6) is -0.342. The lowest BCUT2D eigenvalue weighted by Gasteiger charge is -2.32. The zero-order valence-electron chi connectivity index (χ0n) is 22.7. The molecule has 0 bridgehead atoms. The molecule has 1 aliphatic heterocycles. The van der Waals surface area contributed by atoms with Crippen molar-refractivity contribution in [2.24, 2.45) is 0 Å². The van der Waals surface area contributed by atoms with E-state index in [1.54, 1.807) is 17.0 Å². The van der Waals surface area contributed by atoms with Crippen molar-refractivity contribution in [3.8, 4) is 33.8 Å². The third-order valence-electron chi connectivity index (χ3n) is 8.10. The van der Waals surface area contributed by atoms with Crippen molar-refractivity contribution >= 4 is 17.3 Å². The molecule has 202 valence electrons. The van der Waals surface area contributed by atoms with E-state index >= 15 is 4.79 Å². The van der Waals surface area contributed by atoms with Crippen LogP contribution in [0.2, 0.25) is 0 Å². The van der Waals surface area contributed by atoms with Gasteiger partial charge >= 0.3 is 0 Å². The number of anilines is 2. The molecule has 0 radical (unpaired) electrons. The fourth-order valence-electron chi connectivity index (χ4n) is 6.17. The van der Waals surface area contributed by atoms with Gasteiger partial charge in [0.2, 0.25) is 0 Å². The van der Waals surface area contributed by atoms with Gasteiger partial charge in [0.05, 0.1) is 5.69 Å². The van der Waals surface area contributed by atoms with Crippen LogP contribution in [0.5, 0.6) is 11.5 Å². The van der Waals surface area contributed by atoms with Gasteiger partial charge in [0.25, 0.3) is 5.91 Å². The van der Waals surface area contributed by atoms with Crippen molar-refractivity contribution in [2.45, 2.75) is 5.41 Å². The summed E-state index contributed by atoms with van der Waals surface area (Å²) in [5.41, 5.74) is 4.95. The Balaban J connectivity index is 1.58. The molecule has 1 heterocycles. The summed E-state index contributed by atoms with van der Waals surface area (Å²) in [6.07, 6.45) is 0. The van der Waals surface area contributed by atoms with Crippen molar-refractivity contribution in [3.63, 3.8) is 0 Å². The minimum atomic E-state index is -1.55. The number of fused-ring (bicyclic) bond motifs is 1. The average molecular weight is 546 g/mol. The highest BCUT2D eigenvalue weighted by molar-refractivity contribution is 6.17. The number of carbonyl (C=O) groups excluding carboxylic acids is 1. The molecule has 1 amide bonds. The number of phenols is 2. The molecule has 0 saturated carbocycles. The van der Waals surface area contributed by atoms with Crippen molar-refractivity contribution in [3.05, 3.63) is 168 Å². The van der Waals surface area contributed by atoms with Crippen LogP contribution in [0.15, 0.2) is 152 Å². The smallest absolute Gasteiger partial charge is 0.251 e. The van der Waals surface area contributed by atoms with E-state index in [1.165, 1.54) is 0 Å². The number of carbonyl (C=O) groups is 1. The number of hydrogen-bond donors (Lipinski definition) is 2. The number of para-hydroxylation sites is 2. The molecule has 4 heteroatoms. The van der Waals surface area contributed by atoms with Gasteiger partial charge in [-0.15, -0.1) is 0 Å². The summed E-state index contributed by atoms with van der Waals surface area (Å²) in [6.45, 7) is 0. The largest absolute Gasteiger partial charge is 0.508 e. The van der Waals surface area contributed by atoms with E-state index in [0.29, 0.717) is 28.1 Å². The molecule has 0 aromatic heterocycles. The Morgan fingerprint density at radius 3 is 1.43 bits per heavy atom. The molecular formula is C38H27NO3. The summed E-state index contributed by atoms with van der Waals surface area (Å²) < 4.78 is 0. The molecule has 4 nitrogen and oxygen atoms in total. The lowest BCUT2D eigenvalue weighted by atomic mass is 9.68. The van der Waals surface area contributed by atoms with E-state index in [2.05, 4.69) is 0 Å². The normalized spacial score (nSPS) is 13.6. The summed E-state index contributed by atoms with van der Waals surface area (Å²) >= 11 is 0. The summed E-state index contributed by atoms with van der Waals surface area (Å²) in [7, 11) is 0. The first-order valence-corrected chi connectivity index (χ1v) is 13.9. The number of amides is 1. The molecule has 0 aliphatic carbocycles. The molecule has 0 atom stereocenters. The van der Waals surface area contributed by atoms with Crippen LogP contribution >= 0.6 is 0 Å². The maximum Gasteiger partial charge on any atom is 0.251 e. The van der Waals surface area contributed by atoms with Crippen LogP contribution in [0.4, 0.5) is 11.4 Å². The number of nitrogens with zero attached hydrogens (tertiary/aromatic N) is 1. The zero-order chi connectivity index (χ0) is 28.7. The Morgan fingerprint density at radius 1 is 0.452 bits per heavy atom. The van der Waals surface area contributed by atoms with Crippen molar-refractivity contribution < 1.29 is 15.0 Å². The van der Waals surface area contributed by atoms with E-state index in [-0.39, 0.29) is 17.4 Å². The van der Waals surface area contributed by atoms with Gasteiger partial charge in [0, 0.05) is 22.4 Å². The number of rotatable bonds is 5. The lowest BCUT2D eigenvalue weighted by Crippen LogP contribution is -2.40. The van der Waals surface area contributed by atoms with E-state index in [9.17, 15) is 10.2 Å². The van der Waals surface area contributed by atoms with Crippen LogP contribution in [0.3, 0.4) is 0 Å². The van der Waals surface area contributed by atoms with Gasteiger partial charge < -0.3 is 10.2 Å². The average Bonchev–Trinajstić information content (AvgIpc) is 3.31. The summed E-state index contributed by atoms with van der Waals surface area (Å²) in [5, 5.41) is 23.2. The Kier molecular flexibility index (Phi) is 6.10. The monoisotopic (exact) mass is 545 g/mol. The van der Waals surface area contributed by atoms with Gasteiger partial charge in [-0.05, 0) is 64.7 Å². The van der Waals surface area contributed by atoms with Crippen LogP contribution < -0.4 is 4.90 Å². The molecule has 0 fully saturated rings. The van der Waals surface area contributed by atoms with Crippen molar-refractivity contribution in [2.75, 3.05) is 4.90 Å². The second-order valence-corrected chi connectivity index (χ2v) is 10.4. The quantitative estimate of drug-likeness (QED) is 0.229. The second kappa shape index (κ2) is 10.1. The van der Waals surface area contributed by atoms with Crippen molar-refractivity contribution in [1.82, 2.24) is 0 Å². The third kappa shape index (κ3) is 3.88. The molecule has 7 rings (SSSR count). The Labute approximate surface area is 244 Å². The molecular weight excluding hydrogens is 518 g/mol. The standard InChI is InChI=1S/C38H27NO3/c40-35-22-20-28(26-12-4-1-5-13-26)24-32(35)38(33-25-29(21-23-36(33)41)27-14-6-2-7-15-27)31-18-10-11-19-34(31)39(37(38)42)30-16-8-3-9-17-30/h1-25,40-41H. The van der Waals surface area contributed by atoms with Crippen LogP contribution in [-0.4, -0.2) is 16.1 Å². The Morgan fingerprint density at radius 2 is 0.905 bits per heavy atom. The molecule has 0 spiro atoms. The van der Waals surface area contributed by atoms with E-state index < -0.39 is 5.41 Å². The summed E-state index contributed by atoms with van der Waals surface area (Å²) in [4.78, 5) is 16.9. The van der Waals surface area contributed by atoms with Gasteiger partial charge in [-0.2, -0.15) is 0 Å². The molecule has 0 unspecified atom stereocenters. The van der Waals surface area contributed by atoms with Crippen LogP contribution in [0.1, 0.15) is 16.7 Å². The Bertz CT molecular complexity index is 1830. The first-order chi connectivity index (χ1) is 20.6. The number of phenolic OH excluding ortho intramolecular Hbond substituents is 2. The van der Waals surface area contributed by atoms with Gasteiger partial charge in [-0.1, -0.05) is 109 Å². The first-order valence-electron chi connectivity index (χ1n) is 13.9. The maximum atomic E-state index is 15.2. The van der Waals surface area contributed by atoms with E-state index in [0.717, 1.165) is 22.3 Å². The molecule has 0 saturated heterocycles. The van der Waals surface area contributed by atoms with Gasteiger partial charge in [0.1, 0.15) is 16.9 Å². The second-order valence-electron chi connectivity index (χ2n) is 10.4. The number of aromatic hydroxyl groups is 2. The molecule has 1 aliphatic rings. The molecule has 2 N–H and O–H groups in total. The fraction of sp³-hybridized carbons (Fsp3) is 0.0263. The zero-order valence-corrected chi connectivity index (χ0v) is 22.7. The SMILES string of the molecule is O=C1N(c2ccccc2)c2ccccc2C1(c1cc(-c2ccccc2)ccc1O)c1cc(-c2ccccc2)ccc1O. The Hall–Kier alpha value is -5.61. The lowest BCUT2D eigenvalue weighted by molar-refractivity contribution is -0.120. The molecule has 42 heavy (non-hydrogen) atoms. The number of hydrogen-bond acceptors (Lipinski definition) is 3. The fourth-order valence-corrected chi connectivity index (χ4v) is 6.17. The minimum absolute atomic E-state index is 0.0303. The van der Waals surface area contributed by atoms with Gasteiger partial charge in [-0.3, -0.25) is 9.69 Å². The van der Waals surface area contributed by atoms with Crippen LogP contribution in [0.25, 0.3) is 22.3 Å². The van der Waals surface area contributed by atoms with Gasteiger partial charge in [0.15, 0.2) is 0 Å². The molecule has 6 aromatic rings. The summed E-state index contributed by atoms with van der Waals surface area (Å²) in [6, 6.07) is 47.6. The predicted octanol–water partition coefficient (Wildman–Crippen LogP) is 8.44. The maximum absolute atomic E-state index is 15.2. The van der Waals surface area contributed by atoms with Gasteiger partial charge in [-0.25, -0.2) is 0 Å². The predicted molar refractivity (Wildman–Crippen MR) is 167 cm³/mol. The third-order valence-corrected chi connectivity index (χ3v) is 8.10. The molecule has 6 aromatic carbocycles. The first kappa shape index (κ1) is 25.4. The van der Waals surface area contributed by atoms with E-state index in [1.807, 2.05) is 140 Å². The highest BCUT2D eigenvalue weighted by Gasteiger charge is 2.56.